The van der Waals surface area contributed by atoms with Crippen molar-refractivity contribution in [1.82, 2.24) is 19.7 Å². The maximum Gasteiger partial charge on any atom is 0.196 e. The van der Waals surface area contributed by atoms with Gasteiger partial charge in [0, 0.05) is 16.7 Å². The first kappa shape index (κ1) is 18.0. The molecule has 4 aromatic rings. The van der Waals surface area contributed by atoms with E-state index in [1.807, 2.05) is 19.1 Å². The summed E-state index contributed by atoms with van der Waals surface area (Å²) in [5.74, 6) is 1.55. The zero-order chi connectivity index (χ0) is 19.0. The van der Waals surface area contributed by atoms with Gasteiger partial charge >= 0.3 is 0 Å². The van der Waals surface area contributed by atoms with Gasteiger partial charge in [-0.25, -0.2) is 4.98 Å². The lowest BCUT2D eigenvalue weighted by molar-refractivity contribution is 0.861. The minimum absolute atomic E-state index is 0.541. The van der Waals surface area contributed by atoms with Crippen molar-refractivity contribution in [3.63, 3.8) is 0 Å². The van der Waals surface area contributed by atoms with E-state index in [0.717, 1.165) is 33.1 Å². The molecule has 0 atom stereocenters. The molecule has 0 spiro atoms. The molecular formula is C21H19ClN4S. The Morgan fingerprint density at radius 2 is 1.81 bits per heavy atom. The molecule has 4 rings (SSSR count). The summed E-state index contributed by atoms with van der Waals surface area (Å²) in [6.45, 7) is 6.12. The molecule has 0 unspecified atom stereocenters. The van der Waals surface area contributed by atoms with Crippen molar-refractivity contribution in [1.29, 1.82) is 0 Å². The van der Waals surface area contributed by atoms with Gasteiger partial charge in [-0.2, -0.15) is 0 Å². The SMILES string of the molecule is Cc1ccc2cc(CSc3nnc(C)n3-c3ccccc3C)c(Cl)nc2c1. The highest BCUT2D eigenvalue weighted by Crippen LogP contribution is 2.30. The zero-order valence-electron chi connectivity index (χ0n) is 15.4. The van der Waals surface area contributed by atoms with Gasteiger partial charge in [-0.3, -0.25) is 4.57 Å². The number of benzene rings is 2. The van der Waals surface area contributed by atoms with Gasteiger partial charge in [0.05, 0.1) is 11.2 Å². The average molecular weight is 395 g/mol. The number of hydrogen-bond donors (Lipinski definition) is 0. The summed E-state index contributed by atoms with van der Waals surface area (Å²) < 4.78 is 2.09. The lowest BCUT2D eigenvalue weighted by Gasteiger charge is -2.11. The number of rotatable bonds is 4. The molecule has 0 bridgehead atoms. The monoisotopic (exact) mass is 394 g/mol. The second kappa shape index (κ2) is 7.33. The number of halogens is 1. The van der Waals surface area contributed by atoms with E-state index in [-0.39, 0.29) is 0 Å². The van der Waals surface area contributed by atoms with Crippen LogP contribution in [-0.2, 0) is 5.75 Å². The quantitative estimate of drug-likeness (QED) is 0.329. The summed E-state index contributed by atoms with van der Waals surface area (Å²) in [4.78, 5) is 4.56. The van der Waals surface area contributed by atoms with Crippen LogP contribution in [0, 0.1) is 20.8 Å². The third-order valence-corrected chi connectivity index (χ3v) is 5.81. The van der Waals surface area contributed by atoms with Crippen molar-refractivity contribution in [3.05, 3.63) is 76.2 Å². The summed E-state index contributed by atoms with van der Waals surface area (Å²) in [7, 11) is 0. The van der Waals surface area contributed by atoms with Crippen LogP contribution in [0.3, 0.4) is 0 Å². The molecule has 4 nitrogen and oxygen atoms in total. The third-order valence-electron chi connectivity index (χ3n) is 4.51. The molecule has 0 N–H and O–H groups in total. The summed E-state index contributed by atoms with van der Waals surface area (Å²) in [5, 5.41) is 11.1. The molecule has 0 saturated carbocycles. The zero-order valence-corrected chi connectivity index (χ0v) is 17.0. The fraction of sp³-hybridized carbons (Fsp3) is 0.190. The predicted octanol–water partition coefficient (Wildman–Crippen LogP) is 5.69. The average Bonchev–Trinajstić information content (AvgIpc) is 3.01. The van der Waals surface area contributed by atoms with Crippen molar-refractivity contribution in [2.75, 3.05) is 0 Å². The van der Waals surface area contributed by atoms with Crippen LogP contribution in [0.1, 0.15) is 22.5 Å². The molecule has 0 aliphatic heterocycles. The van der Waals surface area contributed by atoms with E-state index in [1.165, 1.54) is 11.1 Å². The van der Waals surface area contributed by atoms with Crippen LogP contribution in [0.15, 0.2) is 53.7 Å². The number of hydrogen-bond acceptors (Lipinski definition) is 4. The van der Waals surface area contributed by atoms with E-state index < -0.39 is 0 Å². The van der Waals surface area contributed by atoms with Gasteiger partial charge < -0.3 is 0 Å². The van der Waals surface area contributed by atoms with Crippen LogP contribution in [-0.4, -0.2) is 19.7 Å². The molecule has 0 aliphatic rings. The Bertz CT molecular complexity index is 1140. The van der Waals surface area contributed by atoms with Crippen LogP contribution < -0.4 is 0 Å². The first-order valence-corrected chi connectivity index (χ1v) is 10.1. The van der Waals surface area contributed by atoms with Crippen LogP contribution >= 0.6 is 23.4 Å². The summed E-state index contributed by atoms with van der Waals surface area (Å²) in [6, 6.07) is 16.6. The molecule has 27 heavy (non-hydrogen) atoms. The predicted molar refractivity (Wildman–Crippen MR) is 112 cm³/mol. The molecule has 2 heterocycles. The lowest BCUT2D eigenvalue weighted by Crippen LogP contribution is -2.01. The van der Waals surface area contributed by atoms with E-state index in [0.29, 0.717) is 10.9 Å². The molecule has 2 aromatic carbocycles. The minimum atomic E-state index is 0.541. The summed E-state index contributed by atoms with van der Waals surface area (Å²) in [6.07, 6.45) is 0. The Labute approximate surface area is 167 Å². The number of thioether (sulfide) groups is 1. The van der Waals surface area contributed by atoms with Crippen LogP contribution in [0.2, 0.25) is 5.15 Å². The Morgan fingerprint density at radius 1 is 1.00 bits per heavy atom. The molecule has 0 radical (unpaired) electrons. The Hall–Kier alpha value is -2.37. The number of nitrogens with zero attached hydrogens (tertiary/aromatic N) is 4. The Balaban J connectivity index is 1.65. The van der Waals surface area contributed by atoms with E-state index in [4.69, 9.17) is 11.6 Å². The Kier molecular flexibility index (Phi) is 4.89. The molecule has 0 aliphatic carbocycles. The molecular weight excluding hydrogens is 376 g/mol. The fourth-order valence-corrected chi connectivity index (χ4v) is 4.32. The van der Waals surface area contributed by atoms with Gasteiger partial charge in [0.15, 0.2) is 5.16 Å². The van der Waals surface area contributed by atoms with Crippen molar-refractivity contribution < 1.29 is 0 Å². The molecule has 0 fully saturated rings. The molecule has 2 aromatic heterocycles. The lowest BCUT2D eigenvalue weighted by atomic mass is 10.1. The standard InChI is InChI=1S/C21H19ClN4S/c1-13-8-9-16-11-17(20(22)23-18(16)10-13)12-27-21-25-24-15(3)26(21)19-7-5-4-6-14(19)2/h4-11H,12H2,1-3H3. The highest BCUT2D eigenvalue weighted by molar-refractivity contribution is 7.98. The number of fused-ring (bicyclic) bond motifs is 1. The molecule has 6 heteroatoms. The first-order valence-electron chi connectivity index (χ1n) is 8.69. The summed E-state index contributed by atoms with van der Waals surface area (Å²) in [5.41, 5.74) is 5.38. The fourth-order valence-electron chi connectivity index (χ4n) is 3.07. The highest BCUT2D eigenvalue weighted by atomic mass is 35.5. The highest BCUT2D eigenvalue weighted by Gasteiger charge is 2.14. The first-order chi connectivity index (χ1) is 13.0. The van der Waals surface area contributed by atoms with Crippen LogP contribution in [0.25, 0.3) is 16.6 Å². The van der Waals surface area contributed by atoms with Gasteiger partial charge in [-0.15, -0.1) is 10.2 Å². The van der Waals surface area contributed by atoms with Crippen molar-refractivity contribution in [2.45, 2.75) is 31.7 Å². The summed E-state index contributed by atoms with van der Waals surface area (Å²) >= 11 is 8.06. The van der Waals surface area contributed by atoms with E-state index in [1.54, 1.807) is 11.8 Å². The third kappa shape index (κ3) is 3.57. The van der Waals surface area contributed by atoms with Gasteiger partial charge in [-0.05, 0) is 50.1 Å². The van der Waals surface area contributed by atoms with Gasteiger partial charge in [0.25, 0.3) is 0 Å². The van der Waals surface area contributed by atoms with Gasteiger partial charge in [-0.1, -0.05) is 53.7 Å². The largest absolute Gasteiger partial charge is 0.274 e. The minimum Gasteiger partial charge on any atom is -0.274 e. The van der Waals surface area contributed by atoms with Crippen LogP contribution in [0.5, 0.6) is 0 Å². The second-order valence-electron chi connectivity index (χ2n) is 6.57. The van der Waals surface area contributed by atoms with E-state index >= 15 is 0 Å². The maximum atomic E-state index is 6.44. The molecule has 0 amide bonds. The molecule has 136 valence electrons. The smallest absolute Gasteiger partial charge is 0.196 e. The molecule has 0 saturated heterocycles. The Morgan fingerprint density at radius 3 is 2.63 bits per heavy atom. The van der Waals surface area contributed by atoms with Gasteiger partial charge in [0.1, 0.15) is 11.0 Å². The van der Waals surface area contributed by atoms with Gasteiger partial charge in [0.2, 0.25) is 0 Å². The number of aromatic nitrogens is 4. The maximum absolute atomic E-state index is 6.44. The normalized spacial score (nSPS) is 11.3. The number of para-hydroxylation sites is 1. The topological polar surface area (TPSA) is 43.6 Å². The van der Waals surface area contributed by atoms with E-state index in [9.17, 15) is 0 Å². The van der Waals surface area contributed by atoms with Crippen molar-refractivity contribution in [2.24, 2.45) is 0 Å². The van der Waals surface area contributed by atoms with Crippen LogP contribution in [0.4, 0.5) is 0 Å². The van der Waals surface area contributed by atoms with Crippen molar-refractivity contribution >= 4 is 34.3 Å². The van der Waals surface area contributed by atoms with E-state index in [2.05, 4.69) is 70.0 Å². The number of pyridine rings is 1. The van der Waals surface area contributed by atoms with Crippen molar-refractivity contribution in [3.8, 4) is 5.69 Å². The second-order valence-corrected chi connectivity index (χ2v) is 7.88. The number of aryl methyl sites for hydroxylation is 3.